The minimum Gasteiger partial charge on any atom is -0.497 e. The summed E-state index contributed by atoms with van der Waals surface area (Å²) in [6.07, 6.45) is 1.33. The van der Waals surface area contributed by atoms with Gasteiger partial charge in [0.05, 0.1) is 7.11 Å². The molecule has 3 N–H and O–H groups in total. The highest BCUT2D eigenvalue weighted by Gasteiger charge is 2.00. The summed E-state index contributed by atoms with van der Waals surface area (Å²) in [7, 11) is 1.63. The molecular formula is C13H20N2O3. The molecule has 0 unspecified atom stereocenters. The van der Waals surface area contributed by atoms with E-state index in [1.165, 1.54) is 0 Å². The maximum atomic E-state index is 11.3. The predicted molar refractivity (Wildman–Crippen MR) is 69.8 cm³/mol. The minimum atomic E-state index is -0.202. The summed E-state index contributed by atoms with van der Waals surface area (Å²) in [5, 5.41) is 14.0. The first-order chi connectivity index (χ1) is 8.76. The van der Waals surface area contributed by atoms with Crippen LogP contribution in [0.5, 0.6) is 5.75 Å². The van der Waals surface area contributed by atoms with Gasteiger partial charge in [0.1, 0.15) is 5.75 Å². The quantitative estimate of drug-likeness (QED) is 0.632. The lowest BCUT2D eigenvalue weighted by atomic mass is 10.1. The molecular weight excluding hydrogens is 232 g/mol. The van der Waals surface area contributed by atoms with Crippen LogP contribution < -0.4 is 15.4 Å². The molecule has 0 heterocycles. The molecule has 1 aromatic rings. The van der Waals surface area contributed by atoms with Gasteiger partial charge >= 0.3 is 6.03 Å². The fourth-order valence-corrected chi connectivity index (χ4v) is 1.49. The zero-order valence-corrected chi connectivity index (χ0v) is 10.6. The van der Waals surface area contributed by atoms with Gasteiger partial charge in [-0.1, -0.05) is 12.1 Å². The molecule has 0 fully saturated rings. The SMILES string of the molecule is COc1cccc(CCNC(=O)NCCCO)c1. The van der Waals surface area contributed by atoms with Crippen molar-refractivity contribution in [2.75, 3.05) is 26.8 Å². The number of aliphatic hydroxyl groups is 1. The molecule has 0 bridgehead atoms. The van der Waals surface area contributed by atoms with E-state index in [0.717, 1.165) is 17.7 Å². The normalized spacial score (nSPS) is 9.89. The molecule has 100 valence electrons. The van der Waals surface area contributed by atoms with Crippen LogP contribution in [0.1, 0.15) is 12.0 Å². The molecule has 2 amide bonds. The van der Waals surface area contributed by atoms with Crippen LogP contribution in [-0.2, 0) is 6.42 Å². The van der Waals surface area contributed by atoms with Gasteiger partial charge in [-0.05, 0) is 30.5 Å². The van der Waals surface area contributed by atoms with Gasteiger partial charge in [-0.15, -0.1) is 0 Å². The Hall–Kier alpha value is -1.75. The maximum Gasteiger partial charge on any atom is 0.314 e. The number of aliphatic hydroxyl groups excluding tert-OH is 1. The summed E-state index contributed by atoms with van der Waals surface area (Å²) in [5.41, 5.74) is 1.12. The molecule has 1 aromatic carbocycles. The van der Waals surface area contributed by atoms with Crippen molar-refractivity contribution in [3.8, 4) is 5.75 Å². The smallest absolute Gasteiger partial charge is 0.314 e. The second-order valence-corrected chi connectivity index (χ2v) is 3.86. The number of benzene rings is 1. The molecule has 1 rings (SSSR count). The van der Waals surface area contributed by atoms with E-state index >= 15 is 0 Å². The molecule has 0 spiro atoms. The molecule has 0 aliphatic rings. The Kier molecular flexibility index (Phi) is 6.64. The van der Waals surface area contributed by atoms with E-state index < -0.39 is 0 Å². The van der Waals surface area contributed by atoms with Crippen molar-refractivity contribution < 1.29 is 14.6 Å². The highest BCUT2D eigenvalue weighted by Crippen LogP contribution is 2.12. The number of urea groups is 1. The van der Waals surface area contributed by atoms with Gasteiger partial charge in [0.2, 0.25) is 0 Å². The highest BCUT2D eigenvalue weighted by atomic mass is 16.5. The van der Waals surface area contributed by atoms with Crippen LogP contribution in [0, 0.1) is 0 Å². The van der Waals surface area contributed by atoms with Gasteiger partial charge in [0.15, 0.2) is 0 Å². The van der Waals surface area contributed by atoms with E-state index in [1.807, 2.05) is 24.3 Å². The van der Waals surface area contributed by atoms with Crippen molar-refractivity contribution in [1.29, 1.82) is 0 Å². The zero-order valence-electron chi connectivity index (χ0n) is 10.6. The van der Waals surface area contributed by atoms with Crippen LogP contribution in [0.3, 0.4) is 0 Å². The van der Waals surface area contributed by atoms with Gasteiger partial charge in [0.25, 0.3) is 0 Å². The van der Waals surface area contributed by atoms with Crippen molar-refractivity contribution >= 4 is 6.03 Å². The predicted octanol–water partition coefficient (Wildman–Crippen LogP) is 0.919. The molecule has 0 atom stereocenters. The summed E-state index contributed by atoms with van der Waals surface area (Å²) in [6, 6.07) is 7.55. The Morgan fingerprint density at radius 2 is 2.11 bits per heavy atom. The Morgan fingerprint density at radius 1 is 1.33 bits per heavy atom. The van der Waals surface area contributed by atoms with Crippen molar-refractivity contribution in [3.63, 3.8) is 0 Å². The number of ether oxygens (including phenoxy) is 1. The van der Waals surface area contributed by atoms with Crippen molar-refractivity contribution in [3.05, 3.63) is 29.8 Å². The zero-order chi connectivity index (χ0) is 13.2. The Morgan fingerprint density at radius 3 is 2.83 bits per heavy atom. The van der Waals surface area contributed by atoms with E-state index in [-0.39, 0.29) is 12.6 Å². The molecule has 0 saturated carbocycles. The van der Waals surface area contributed by atoms with Crippen LogP contribution in [0.25, 0.3) is 0 Å². The van der Waals surface area contributed by atoms with E-state index in [4.69, 9.17) is 9.84 Å². The number of amides is 2. The Bertz CT molecular complexity index is 369. The number of nitrogens with one attached hydrogen (secondary N) is 2. The lowest BCUT2D eigenvalue weighted by molar-refractivity contribution is 0.238. The van der Waals surface area contributed by atoms with Gasteiger partial charge in [-0.25, -0.2) is 4.79 Å². The average Bonchev–Trinajstić information content (AvgIpc) is 2.39. The van der Waals surface area contributed by atoms with E-state index in [2.05, 4.69) is 10.6 Å². The molecule has 0 aromatic heterocycles. The summed E-state index contributed by atoms with van der Waals surface area (Å²) in [5.74, 6) is 0.819. The second-order valence-electron chi connectivity index (χ2n) is 3.86. The summed E-state index contributed by atoms with van der Waals surface area (Å²) in [4.78, 5) is 11.3. The molecule has 0 aliphatic heterocycles. The first-order valence-corrected chi connectivity index (χ1v) is 6.01. The van der Waals surface area contributed by atoms with Crippen LogP contribution in [0.15, 0.2) is 24.3 Å². The van der Waals surface area contributed by atoms with Crippen molar-refractivity contribution in [1.82, 2.24) is 10.6 Å². The third-order valence-electron chi connectivity index (χ3n) is 2.45. The van der Waals surface area contributed by atoms with Gasteiger partial charge in [-0.2, -0.15) is 0 Å². The lowest BCUT2D eigenvalue weighted by Crippen LogP contribution is -2.37. The fraction of sp³-hybridized carbons (Fsp3) is 0.462. The summed E-state index contributed by atoms with van der Waals surface area (Å²) < 4.78 is 5.12. The number of carbonyl (C=O) groups is 1. The summed E-state index contributed by atoms with van der Waals surface area (Å²) >= 11 is 0. The van der Waals surface area contributed by atoms with Gasteiger partial charge in [-0.3, -0.25) is 0 Å². The van der Waals surface area contributed by atoms with E-state index in [1.54, 1.807) is 7.11 Å². The number of hydrogen-bond donors (Lipinski definition) is 3. The fourth-order valence-electron chi connectivity index (χ4n) is 1.49. The second kappa shape index (κ2) is 8.36. The van der Waals surface area contributed by atoms with E-state index in [0.29, 0.717) is 19.5 Å². The number of hydrogen-bond acceptors (Lipinski definition) is 3. The average molecular weight is 252 g/mol. The summed E-state index contributed by atoms with van der Waals surface area (Å²) in [6.45, 7) is 1.14. The van der Waals surface area contributed by atoms with Crippen molar-refractivity contribution in [2.45, 2.75) is 12.8 Å². The topological polar surface area (TPSA) is 70.6 Å². The number of rotatable bonds is 7. The monoisotopic (exact) mass is 252 g/mol. The molecule has 0 aliphatic carbocycles. The van der Waals surface area contributed by atoms with Crippen molar-refractivity contribution in [2.24, 2.45) is 0 Å². The minimum absolute atomic E-state index is 0.0874. The molecule has 0 radical (unpaired) electrons. The lowest BCUT2D eigenvalue weighted by Gasteiger charge is -2.07. The molecule has 18 heavy (non-hydrogen) atoms. The molecule has 5 heteroatoms. The third kappa shape index (κ3) is 5.54. The van der Waals surface area contributed by atoms with E-state index in [9.17, 15) is 4.79 Å². The first kappa shape index (κ1) is 14.3. The van der Waals surface area contributed by atoms with Crippen LogP contribution in [-0.4, -0.2) is 37.9 Å². The molecule has 5 nitrogen and oxygen atoms in total. The molecule has 0 saturated heterocycles. The third-order valence-corrected chi connectivity index (χ3v) is 2.45. The van der Waals surface area contributed by atoms with Crippen LogP contribution in [0.4, 0.5) is 4.79 Å². The largest absolute Gasteiger partial charge is 0.497 e. The Balaban J connectivity index is 2.22. The standard InChI is InChI=1S/C13H20N2O3/c1-18-12-5-2-4-11(10-12)6-8-15-13(17)14-7-3-9-16/h2,4-5,10,16H,3,6-9H2,1H3,(H2,14,15,17). The Labute approximate surface area is 107 Å². The van der Waals surface area contributed by atoms with Crippen LogP contribution >= 0.6 is 0 Å². The maximum absolute atomic E-state index is 11.3. The van der Waals surface area contributed by atoms with Crippen LogP contribution in [0.2, 0.25) is 0 Å². The van der Waals surface area contributed by atoms with Gasteiger partial charge < -0.3 is 20.5 Å². The van der Waals surface area contributed by atoms with Gasteiger partial charge in [0, 0.05) is 19.7 Å². The number of carbonyl (C=O) groups excluding carboxylic acids is 1. The highest BCUT2D eigenvalue weighted by molar-refractivity contribution is 5.73. The first-order valence-electron chi connectivity index (χ1n) is 6.01. The number of methoxy groups -OCH3 is 1.